The number of amides is 1. The second-order valence-corrected chi connectivity index (χ2v) is 8.63. The molecule has 5 nitrogen and oxygen atoms in total. The molecule has 33 heavy (non-hydrogen) atoms. The van der Waals surface area contributed by atoms with E-state index >= 15 is 0 Å². The Bertz CT molecular complexity index is 1170. The van der Waals surface area contributed by atoms with E-state index in [0.29, 0.717) is 24.8 Å². The fourth-order valence-electron chi connectivity index (χ4n) is 4.62. The van der Waals surface area contributed by atoms with Gasteiger partial charge in [0, 0.05) is 24.6 Å². The summed E-state index contributed by atoms with van der Waals surface area (Å²) in [7, 11) is 0. The number of nitrogens with zero attached hydrogens (tertiary/aromatic N) is 3. The fraction of sp³-hybridized carbons (Fsp3) is 0.250. The third-order valence-corrected chi connectivity index (χ3v) is 6.49. The highest BCUT2D eigenvalue weighted by molar-refractivity contribution is 5.95. The minimum atomic E-state index is -0.0763. The Kier molecular flexibility index (Phi) is 6.03. The van der Waals surface area contributed by atoms with Gasteiger partial charge in [-0.25, -0.2) is 0 Å². The maximum Gasteiger partial charge on any atom is 0.254 e. The second-order valence-electron chi connectivity index (χ2n) is 8.63. The molecule has 1 aliphatic heterocycles. The largest absolute Gasteiger partial charge is 0.339 e. The molecular formula is C28H27N3O2. The lowest BCUT2D eigenvalue weighted by Crippen LogP contribution is -2.38. The van der Waals surface area contributed by atoms with Gasteiger partial charge in [-0.2, -0.15) is 4.98 Å². The lowest BCUT2D eigenvalue weighted by molar-refractivity contribution is 0.0704. The van der Waals surface area contributed by atoms with Gasteiger partial charge in [-0.1, -0.05) is 84.0 Å². The monoisotopic (exact) mass is 437 g/mol. The maximum absolute atomic E-state index is 12.9. The van der Waals surface area contributed by atoms with Gasteiger partial charge >= 0.3 is 0 Å². The molecule has 1 saturated heterocycles. The molecule has 0 saturated carbocycles. The zero-order valence-corrected chi connectivity index (χ0v) is 18.7. The van der Waals surface area contributed by atoms with Gasteiger partial charge in [0.25, 0.3) is 5.91 Å². The molecule has 1 fully saturated rings. The van der Waals surface area contributed by atoms with E-state index in [1.54, 1.807) is 0 Å². The number of rotatable bonds is 5. The van der Waals surface area contributed by atoms with Gasteiger partial charge in [0.1, 0.15) is 0 Å². The summed E-state index contributed by atoms with van der Waals surface area (Å²) >= 11 is 0. The normalized spacial score (nSPS) is 14.5. The molecule has 5 rings (SSSR count). The van der Waals surface area contributed by atoms with Crippen molar-refractivity contribution in [3.05, 3.63) is 119 Å². The van der Waals surface area contributed by atoms with Crippen LogP contribution in [-0.2, 0) is 0 Å². The summed E-state index contributed by atoms with van der Waals surface area (Å²) in [4.78, 5) is 19.7. The zero-order chi connectivity index (χ0) is 22.6. The molecule has 3 aromatic carbocycles. The lowest BCUT2D eigenvalue weighted by Gasteiger charge is -2.30. The summed E-state index contributed by atoms with van der Waals surface area (Å²) in [6, 6.07) is 28.3. The first kappa shape index (κ1) is 21.1. The minimum Gasteiger partial charge on any atom is -0.339 e. The summed E-state index contributed by atoms with van der Waals surface area (Å²) < 4.78 is 5.76. The van der Waals surface area contributed by atoms with E-state index in [4.69, 9.17) is 9.51 Å². The van der Waals surface area contributed by atoms with E-state index in [0.717, 1.165) is 35.1 Å². The van der Waals surface area contributed by atoms with Gasteiger partial charge in [0.2, 0.25) is 5.89 Å². The molecule has 4 aromatic rings. The van der Waals surface area contributed by atoms with Crippen LogP contribution in [0.4, 0.5) is 0 Å². The Balaban J connectivity index is 1.33. The average Bonchev–Trinajstić information content (AvgIpc) is 3.35. The third-order valence-electron chi connectivity index (χ3n) is 6.49. The van der Waals surface area contributed by atoms with E-state index in [1.807, 2.05) is 72.5 Å². The Hall–Kier alpha value is -3.73. The third kappa shape index (κ3) is 4.44. The summed E-state index contributed by atoms with van der Waals surface area (Å²) in [5.74, 6) is 1.55. The van der Waals surface area contributed by atoms with Gasteiger partial charge < -0.3 is 9.42 Å². The van der Waals surface area contributed by atoms with E-state index in [1.165, 1.54) is 0 Å². The van der Waals surface area contributed by atoms with Crippen molar-refractivity contribution in [1.29, 1.82) is 0 Å². The number of likely N-dealkylation sites (tertiary alicyclic amines) is 1. The topological polar surface area (TPSA) is 59.2 Å². The van der Waals surface area contributed by atoms with Crippen LogP contribution >= 0.6 is 0 Å². The molecular weight excluding hydrogens is 410 g/mol. The molecule has 166 valence electrons. The SMILES string of the molecule is Cc1ccccc1C(=O)N1CCC(c2nc(C(c3ccccc3)c3ccccc3)no2)CC1. The van der Waals surface area contributed by atoms with Crippen molar-refractivity contribution in [3.63, 3.8) is 0 Å². The number of hydrogen-bond acceptors (Lipinski definition) is 4. The predicted octanol–water partition coefficient (Wildman–Crippen LogP) is 5.58. The Morgan fingerprint density at radius 1 is 0.879 bits per heavy atom. The zero-order valence-electron chi connectivity index (χ0n) is 18.7. The van der Waals surface area contributed by atoms with Crippen LogP contribution in [0.3, 0.4) is 0 Å². The number of benzene rings is 3. The molecule has 5 heteroatoms. The summed E-state index contributed by atoms with van der Waals surface area (Å²) in [6.45, 7) is 3.36. The van der Waals surface area contributed by atoms with Gasteiger partial charge in [-0.3, -0.25) is 4.79 Å². The molecule has 0 aliphatic carbocycles. The average molecular weight is 438 g/mol. The van der Waals surface area contributed by atoms with E-state index in [-0.39, 0.29) is 17.7 Å². The number of aryl methyl sites for hydroxylation is 1. The summed E-state index contributed by atoms with van der Waals surface area (Å²) in [5.41, 5.74) is 4.06. The number of hydrogen-bond donors (Lipinski definition) is 0. The Morgan fingerprint density at radius 3 is 2.06 bits per heavy atom. The van der Waals surface area contributed by atoms with Crippen molar-refractivity contribution >= 4 is 5.91 Å². The number of carbonyl (C=O) groups is 1. The second kappa shape index (κ2) is 9.41. The highest BCUT2D eigenvalue weighted by atomic mass is 16.5. The van der Waals surface area contributed by atoms with E-state index in [9.17, 15) is 4.79 Å². The molecule has 1 amide bonds. The van der Waals surface area contributed by atoms with Gasteiger partial charge in [0.15, 0.2) is 5.82 Å². The number of carbonyl (C=O) groups excluding carboxylic acids is 1. The van der Waals surface area contributed by atoms with Gasteiger partial charge in [0.05, 0.1) is 5.92 Å². The molecule has 1 aromatic heterocycles. The number of piperidine rings is 1. The first-order valence-electron chi connectivity index (χ1n) is 11.5. The Labute approximate surface area is 194 Å². The van der Waals surface area contributed by atoms with Crippen LogP contribution < -0.4 is 0 Å². The van der Waals surface area contributed by atoms with Crippen molar-refractivity contribution in [2.75, 3.05) is 13.1 Å². The van der Waals surface area contributed by atoms with Crippen LogP contribution in [0.25, 0.3) is 0 Å². The van der Waals surface area contributed by atoms with Gasteiger partial charge in [-0.05, 0) is 42.5 Å². The first-order valence-corrected chi connectivity index (χ1v) is 11.5. The quantitative estimate of drug-likeness (QED) is 0.409. The standard InChI is InChI=1S/C28H27N3O2/c1-20-10-8-9-15-24(20)28(32)31-18-16-23(17-19-31)27-29-26(30-33-27)25(21-11-4-2-5-12-21)22-13-6-3-7-14-22/h2-15,23,25H,16-19H2,1H3. The van der Waals surface area contributed by atoms with Crippen LogP contribution in [0.1, 0.15) is 63.4 Å². The predicted molar refractivity (Wildman–Crippen MR) is 127 cm³/mol. The highest BCUT2D eigenvalue weighted by Crippen LogP contribution is 2.33. The maximum atomic E-state index is 12.9. The van der Waals surface area contributed by atoms with Crippen LogP contribution in [-0.4, -0.2) is 34.0 Å². The molecule has 0 bridgehead atoms. The lowest BCUT2D eigenvalue weighted by atomic mass is 9.90. The Morgan fingerprint density at radius 2 is 1.45 bits per heavy atom. The van der Waals surface area contributed by atoms with Crippen molar-refractivity contribution in [3.8, 4) is 0 Å². The minimum absolute atomic E-state index is 0.0763. The molecule has 0 N–H and O–H groups in total. The molecule has 2 heterocycles. The molecule has 0 radical (unpaired) electrons. The van der Waals surface area contributed by atoms with Crippen molar-refractivity contribution in [2.24, 2.45) is 0 Å². The summed E-state index contributed by atoms with van der Waals surface area (Å²) in [6.07, 6.45) is 1.64. The number of aromatic nitrogens is 2. The highest BCUT2D eigenvalue weighted by Gasteiger charge is 2.30. The van der Waals surface area contributed by atoms with E-state index < -0.39 is 0 Å². The molecule has 0 unspecified atom stereocenters. The smallest absolute Gasteiger partial charge is 0.254 e. The van der Waals surface area contributed by atoms with Crippen molar-refractivity contribution in [2.45, 2.75) is 31.6 Å². The summed E-state index contributed by atoms with van der Waals surface area (Å²) in [5, 5.41) is 4.39. The molecule has 0 spiro atoms. The van der Waals surface area contributed by atoms with Crippen molar-refractivity contribution in [1.82, 2.24) is 15.0 Å². The van der Waals surface area contributed by atoms with Crippen LogP contribution in [0, 0.1) is 6.92 Å². The fourth-order valence-corrected chi connectivity index (χ4v) is 4.62. The van der Waals surface area contributed by atoms with Crippen molar-refractivity contribution < 1.29 is 9.32 Å². The van der Waals surface area contributed by atoms with Crippen LogP contribution in [0.15, 0.2) is 89.5 Å². The van der Waals surface area contributed by atoms with E-state index in [2.05, 4.69) is 29.4 Å². The van der Waals surface area contributed by atoms with Gasteiger partial charge in [-0.15, -0.1) is 0 Å². The molecule has 1 aliphatic rings. The first-order chi connectivity index (χ1) is 16.2. The molecule has 0 atom stereocenters. The van der Waals surface area contributed by atoms with Crippen LogP contribution in [0.5, 0.6) is 0 Å². The van der Waals surface area contributed by atoms with Crippen LogP contribution in [0.2, 0.25) is 0 Å².